The van der Waals surface area contributed by atoms with E-state index in [1.807, 2.05) is 10.6 Å². The molecule has 2 aliphatic carbocycles. The van der Waals surface area contributed by atoms with Crippen molar-refractivity contribution in [3.63, 3.8) is 0 Å². The number of anilines is 1. The van der Waals surface area contributed by atoms with Gasteiger partial charge < -0.3 is 15.0 Å². The summed E-state index contributed by atoms with van der Waals surface area (Å²) in [6.45, 7) is 0. The van der Waals surface area contributed by atoms with E-state index in [-0.39, 0.29) is 28.5 Å². The number of fused-ring (bicyclic) bond motifs is 1. The SMILES string of the molecule is Cn1cc2cc(-c3nc(-c4cccc(N)c4C=Nc4cn(C5CC5)[nH]c4=O)c(C4CC4)n3C)c(OC(F)(F)F)cc2n1. The van der Waals surface area contributed by atoms with Crippen molar-refractivity contribution in [3.8, 4) is 28.4 Å². The van der Waals surface area contributed by atoms with E-state index in [1.54, 1.807) is 55.6 Å². The zero-order chi connectivity index (χ0) is 29.3. The number of aromatic amines is 1. The third kappa shape index (κ3) is 4.74. The number of nitrogens with zero attached hydrogens (tertiary/aromatic N) is 6. The molecule has 0 aliphatic heterocycles. The van der Waals surface area contributed by atoms with E-state index in [0.29, 0.717) is 45.3 Å². The van der Waals surface area contributed by atoms with Crippen LogP contribution in [-0.4, -0.2) is 41.7 Å². The molecule has 2 aromatic carbocycles. The van der Waals surface area contributed by atoms with E-state index < -0.39 is 6.36 Å². The number of nitrogens with one attached hydrogen (secondary N) is 1. The van der Waals surface area contributed by atoms with Crippen LogP contribution in [0.4, 0.5) is 24.5 Å². The smallest absolute Gasteiger partial charge is 0.405 e. The number of halogens is 3. The third-order valence-corrected chi connectivity index (χ3v) is 7.68. The molecule has 2 aliphatic rings. The molecule has 3 aromatic heterocycles. The lowest BCUT2D eigenvalue weighted by Crippen LogP contribution is -2.18. The first-order valence-electron chi connectivity index (χ1n) is 13.6. The maximum absolute atomic E-state index is 13.5. The number of aromatic nitrogens is 6. The summed E-state index contributed by atoms with van der Waals surface area (Å²) in [5.41, 5.74) is 10.1. The summed E-state index contributed by atoms with van der Waals surface area (Å²) >= 11 is 0. The lowest BCUT2D eigenvalue weighted by molar-refractivity contribution is -0.274. The molecule has 3 N–H and O–H groups in total. The Morgan fingerprint density at radius 1 is 1.12 bits per heavy atom. The second-order valence-electron chi connectivity index (χ2n) is 10.9. The van der Waals surface area contributed by atoms with Crippen LogP contribution in [-0.2, 0) is 14.1 Å². The molecule has 0 spiro atoms. The van der Waals surface area contributed by atoms with Crippen LogP contribution in [0.5, 0.6) is 5.75 Å². The van der Waals surface area contributed by atoms with Gasteiger partial charge in [-0.25, -0.2) is 9.98 Å². The largest absolute Gasteiger partial charge is 0.573 e. The van der Waals surface area contributed by atoms with Crippen molar-refractivity contribution in [2.45, 2.75) is 44.0 Å². The van der Waals surface area contributed by atoms with Crippen molar-refractivity contribution in [1.82, 2.24) is 29.1 Å². The van der Waals surface area contributed by atoms with Gasteiger partial charge in [-0.05, 0) is 37.8 Å². The predicted octanol–water partition coefficient (Wildman–Crippen LogP) is 5.57. The molecule has 7 rings (SSSR count). The molecule has 10 nitrogen and oxygen atoms in total. The number of hydrogen-bond acceptors (Lipinski definition) is 6. The molecule has 2 saturated carbocycles. The van der Waals surface area contributed by atoms with Crippen LogP contribution < -0.4 is 16.0 Å². The van der Waals surface area contributed by atoms with E-state index >= 15 is 0 Å². The Morgan fingerprint density at radius 3 is 2.62 bits per heavy atom. The lowest BCUT2D eigenvalue weighted by Gasteiger charge is -2.14. The van der Waals surface area contributed by atoms with Crippen LogP contribution in [0, 0.1) is 0 Å². The van der Waals surface area contributed by atoms with Crippen LogP contribution in [0.15, 0.2) is 52.5 Å². The van der Waals surface area contributed by atoms with Gasteiger partial charge in [0.1, 0.15) is 17.3 Å². The Hall–Kier alpha value is -4.81. The fourth-order valence-corrected chi connectivity index (χ4v) is 5.44. The number of H-pyrrole nitrogens is 1. The first-order chi connectivity index (χ1) is 20.1. The van der Waals surface area contributed by atoms with E-state index in [4.69, 9.17) is 10.7 Å². The van der Waals surface area contributed by atoms with Gasteiger partial charge in [0.05, 0.1) is 29.0 Å². The summed E-state index contributed by atoms with van der Waals surface area (Å²) in [6, 6.07) is 8.58. The number of ether oxygens (including phenoxy) is 1. The van der Waals surface area contributed by atoms with Crippen molar-refractivity contribution >= 4 is 28.5 Å². The lowest BCUT2D eigenvalue weighted by atomic mass is 10.0. The van der Waals surface area contributed by atoms with E-state index in [1.165, 1.54) is 10.7 Å². The fourth-order valence-electron chi connectivity index (χ4n) is 5.44. The summed E-state index contributed by atoms with van der Waals surface area (Å²) in [5, 5.41) is 7.70. The molecule has 2 fully saturated rings. The molecule has 0 bridgehead atoms. The molecule has 3 heterocycles. The molecule has 5 aromatic rings. The number of rotatable bonds is 7. The summed E-state index contributed by atoms with van der Waals surface area (Å²) < 4.78 is 50.1. The zero-order valence-corrected chi connectivity index (χ0v) is 22.8. The molecule has 0 amide bonds. The van der Waals surface area contributed by atoms with E-state index in [2.05, 4.69) is 19.9 Å². The number of hydrogen-bond donors (Lipinski definition) is 2. The van der Waals surface area contributed by atoms with Crippen molar-refractivity contribution in [2.24, 2.45) is 19.1 Å². The number of aliphatic imine (C=N–C) groups is 1. The first-order valence-corrected chi connectivity index (χ1v) is 13.6. The Balaban J connectivity index is 1.38. The number of nitrogen functional groups attached to an aromatic ring is 1. The summed E-state index contributed by atoms with van der Waals surface area (Å²) in [6.07, 6.45) is 3.95. The summed E-state index contributed by atoms with van der Waals surface area (Å²) in [4.78, 5) is 21.9. The van der Waals surface area contributed by atoms with Crippen molar-refractivity contribution in [2.75, 3.05) is 5.73 Å². The second-order valence-corrected chi connectivity index (χ2v) is 10.9. The molecule has 0 atom stereocenters. The van der Waals surface area contributed by atoms with Crippen molar-refractivity contribution in [1.29, 1.82) is 0 Å². The Labute approximate surface area is 237 Å². The predicted molar refractivity (Wildman–Crippen MR) is 152 cm³/mol. The van der Waals surface area contributed by atoms with Gasteiger partial charge in [0.25, 0.3) is 5.56 Å². The highest BCUT2D eigenvalue weighted by atomic mass is 19.4. The third-order valence-electron chi connectivity index (χ3n) is 7.68. The van der Waals surface area contributed by atoms with Gasteiger partial charge in [-0.1, -0.05) is 12.1 Å². The zero-order valence-electron chi connectivity index (χ0n) is 22.8. The Morgan fingerprint density at radius 2 is 1.90 bits per heavy atom. The van der Waals surface area contributed by atoms with Gasteiger partial charge in [0.15, 0.2) is 0 Å². The molecule has 0 radical (unpaired) electrons. The number of nitrogens with two attached hydrogens (primary N) is 1. The average Bonchev–Trinajstić information content (AvgIpc) is 3.84. The quantitative estimate of drug-likeness (QED) is 0.194. The monoisotopic (exact) mass is 576 g/mol. The number of alkyl halides is 3. The van der Waals surface area contributed by atoms with Gasteiger partial charge in [0.2, 0.25) is 0 Å². The first kappa shape index (κ1) is 26.1. The highest BCUT2D eigenvalue weighted by Gasteiger charge is 2.36. The highest BCUT2D eigenvalue weighted by molar-refractivity contribution is 5.97. The molecule has 42 heavy (non-hydrogen) atoms. The van der Waals surface area contributed by atoms with Crippen LogP contribution in [0.1, 0.15) is 48.9 Å². The van der Waals surface area contributed by atoms with E-state index in [9.17, 15) is 18.0 Å². The highest BCUT2D eigenvalue weighted by Crippen LogP contribution is 2.48. The van der Waals surface area contributed by atoms with Gasteiger partial charge in [0, 0.05) is 66.4 Å². The minimum absolute atomic E-state index is 0.182. The fraction of sp³-hybridized carbons (Fsp3) is 0.310. The Kier molecular flexibility index (Phi) is 5.82. The minimum atomic E-state index is -4.90. The average molecular weight is 577 g/mol. The van der Waals surface area contributed by atoms with Crippen LogP contribution in [0.3, 0.4) is 0 Å². The molecule has 216 valence electrons. The standard InChI is InChI=1S/C29H27F3N8O2/c1-38-13-16-10-19(24(11-22(16)36-38)42-29(30,31)32)27-35-25(26(39(27)2)15-6-7-15)18-4-3-5-21(33)20(18)12-34-23-14-40(17-8-9-17)37-28(23)41/h3-5,10-15,17H,6-9,33H2,1-2H3,(H,37,41). The topological polar surface area (TPSA) is 121 Å². The van der Waals surface area contributed by atoms with Gasteiger partial charge >= 0.3 is 6.36 Å². The Bertz CT molecular complexity index is 1940. The van der Waals surface area contributed by atoms with Crippen LogP contribution in [0.2, 0.25) is 0 Å². The van der Waals surface area contributed by atoms with Gasteiger partial charge in [-0.3, -0.25) is 19.3 Å². The minimum Gasteiger partial charge on any atom is -0.405 e. The van der Waals surface area contributed by atoms with E-state index in [0.717, 1.165) is 31.4 Å². The molecular weight excluding hydrogens is 549 g/mol. The van der Waals surface area contributed by atoms with Gasteiger partial charge in [-0.15, -0.1) is 13.2 Å². The number of benzene rings is 2. The van der Waals surface area contributed by atoms with Gasteiger partial charge in [-0.2, -0.15) is 5.10 Å². The molecular formula is C29H27F3N8O2. The summed E-state index contributed by atoms with van der Waals surface area (Å²) in [7, 11) is 3.50. The molecule has 13 heteroatoms. The maximum atomic E-state index is 13.5. The maximum Gasteiger partial charge on any atom is 0.573 e. The molecule has 0 saturated heterocycles. The molecule has 0 unspecified atom stereocenters. The number of aryl methyl sites for hydroxylation is 1. The van der Waals surface area contributed by atoms with Crippen molar-refractivity contribution < 1.29 is 17.9 Å². The summed E-state index contributed by atoms with van der Waals surface area (Å²) in [5.74, 6) is 0.117. The normalized spacial score (nSPS) is 15.7. The second kappa shape index (κ2) is 9.36. The number of imidazole rings is 1. The van der Waals surface area contributed by atoms with Crippen molar-refractivity contribution in [3.05, 3.63) is 64.3 Å². The van der Waals surface area contributed by atoms with Crippen LogP contribution in [0.25, 0.3) is 33.5 Å². The van der Waals surface area contributed by atoms with Crippen LogP contribution >= 0.6 is 0 Å².